The van der Waals surface area contributed by atoms with Crippen molar-refractivity contribution in [3.8, 4) is 11.3 Å². The van der Waals surface area contributed by atoms with Crippen molar-refractivity contribution in [2.75, 3.05) is 5.32 Å². The van der Waals surface area contributed by atoms with E-state index in [0.29, 0.717) is 16.5 Å². The second-order valence-electron chi connectivity index (χ2n) is 6.11. The molecule has 2 heterocycles. The summed E-state index contributed by atoms with van der Waals surface area (Å²) in [6.45, 7) is 0.0767. The molecular weight excluding hydrogens is 378 g/mol. The molecule has 2 aromatic carbocycles. The number of carbonyl (C=O) groups is 1. The number of anilines is 1. The maximum Gasteiger partial charge on any atom is 0.273 e. The van der Waals surface area contributed by atoms with E-state index < -0.39 is 0 Å². The van der Waals surface area contributed by atoms with Gasteiger partial charge in [0.1, 0.15) is 5.69 Å². The van der Waals surface area contributed by atoms with E-state index in [9.17, 15) is 14.4 Å². The molecule has 1 amide bonds. The van der Waals surface area contributed by atoms with Crippen molar-refractivity contribution in [1.29, 1.82) is 0 Å². The lowest BCUT2D eigenvalue weighted by Crippen LogP contribution is -2.31. The Hall–Kier alpha value is -3.59. The van der Waals surface area contributed by atoms with Crippen LogP contribution >= 0.6 is 11.5 Å². The molecule has 0 aliphatic rings. The Balaban J connectivity index is 1.44. The summed E-state index contributed by atoms with van der Waals surface area (Å²) in [4.78, 5) is 36.8. The number of nitrogens with one attached hydrogen (secondary N) is 2. The normalized spacial score (nSPS) is 10.9. The summed E-state index contributed by atoms with van der Waals surface area (Å²) >= 11 is 1.27. The second kappa shape index (κ2) is 7.57. The molecule has 0 atom stereocenters. The average Bonchev–Trinajstić information content (AvgIpc) is 3.25. The Morgan fingerprint density at radius 2 is 1.82 bits per heavy atom. The minimum absolute atomic E-state index is 0.0476. The number of nitrogens with zero attached hydrogens (tertiary/aromatic N) is 3. The van der Waals surface area contributed by atoms with E-state index in [2.05, 4.69) is 20.0 Å². The molecule has 2 N–H and O–H groups in total. The fraction of sp³-hybridized carbons (Fsp3) is 0.105. The number of aryl methyl sites for hydroxylation is 1. The predicted molar refractivity (Wildman–Crippen MR) is 107 cm³/mol. The summed E-state index contributed by atoms with van der Waals surface area (Å²) in [7, 11) is 0. The molecule has 0 saturated carbocycles. The van der Waals surface area contributed by atoms with Crippen LogP contribution in [0.4, 0.5) is 5.69 Å². The van der Waals surface area contributed by atoms with Gasteiger partial charge >= 0.3 is 0 Å². The predicted octanol–water partition coefficient (Wildman–Crippen LogP) is 2.24. The van der Waals surface area contributed by atoms with Crippen molar-refractivity contribution in [1.82, 2.24) is 19.4 Å². The van der Waals surface area contributed by atoms with Crippen LogP contribution in [0, 0.1) is 0 Å². The van der Waals surface area contributed by atoms with E-state index in [1.54, 1.807) is 36.4 Å². The number of rotatable bonds is 5. The molecule has 140 valence electrons. The maximum absolute atomic E-state index is 12.5. The zero-order valence-corrected chi connectivity index (χ0v) is 15.4. The molecule has 0 fully saturated rings. The van der Waals surface area contributed by atoms with Crippen molar-refractivity contribution in [3.05, 3.63) is 74.6 Å². The first-order valence-corrected chi connectivity index (χ1v) is 9.35. The molecule has 0 aliphatic heterocycles. The number of fused-ring (bicyclic) bond motifs is 1. The minimum Gasteiger partial charge on any atom is -0.326 e. The van der Waals surface area contributed by atoms with Crippen LogP contribution in [0.15, 0.2) is 63.5 Å². The number of aromatic amines is 1. The molecular formula is C19H15N5O3S. The highest BCUT2D eigenvalue weighted by atomic mass is 32.1. The first kappa shape index (κ1) is 17.8. The maximum atomic E-state index is 12.5. The summed E-state index contributed by atoms with van der Waals surface area (Å²) in [5.41, 5.74) is 1.64. The number of benzene rings is 2. The SMILES string of the molecule is O=C(CCn1[nH]c(=O)c2ccccc2c1=O)Nc1ccc(-c2csnn2)cc1. The quantitative estimate of drug-likeness (QED) is 0.540. The number of aromatic nitrogens is 4. The number of H-pyrrole nitrogens is 1. The fourth-order valence-electron chi connectivity index (χ4n) is 2.86. The van der Waals surface area contributed by atoms with Gasteiger partial charge in [0.05, 0.1) is 17.3 Å². The van der Waals surface area contributed by atoms with Crippen LogP contribution in [0.25, 0.3) is 22.0 Å². The van der Waals surface area contributed by atoms with E-state index in [-0.39, 0.29) is 30.0 Å². The van der Waals surface area contributed by atoms with Gasteiger partial charge in [0.2, 0.25) is 5.91 Å². The topological polar surface area (TPSA) is 110 Å². The van der Waals surface area contributed by atoms with Crippen LogP contribution in [0.1, 0.15) is 6.42 Å². The summed E-state index contributed by atoms with van der Waals surface area (Å²) in [6.07, 6.45) is 0.0476. The van der Waals surface area contributed by atoms with Gasteiger partial charge in [-0.15, -0.1) is 5.10 Å². The van der Waals surface area contributed by atoms with Crippen LogP contribution in [0.3, 0.4) is 0 Å². The van der Waals surface area contributed by atoms with Gasteiger partial charge in [-0.2, -0.15) is 0 Å². The Morgan fingerprint density at radius 1 is 1.07 bits per heavy atom. The Bertz CT molecular complexity index is 1240. The van der Waals surface area contributed by atoms with Gasteiger partial charge in [-0.3, -0.25) is 19.5 Å². The van der Waals surface area contributed by atoms with Crippen LogP contribution in [-0.2, 0) is 11.3 Å². The molecule has 0 spiro atoms. The third kappa shape index (κ3) is 3.60. The lowest BCUT2D eigenvalue weighted by molar-refractivity contribution is -0.116. The lowest BCUT2D eigenvalue weighted by atomic mass is 10.1. The molecule has 0 aliphatic carbocycles. The van der Waals surface area contributed by atoms with Crippen molar-refractivity contribution < 1.29 is 4.79 Å². The largest absolute Gasteiger partial charge is 0.326 e. The Labute approximate surface area is 162 Å². The van der Waals surface area contributed by atoms with Crippen molar-refractivity contribution in [2.24, 2.45) is 0 Å². The Morgan fingerprint density at radius 3 is 2.54 bits per heavy atom. The molecule has 0 saturated heterocycles. The molecule has 2 aromatic heterocycles. The number of amides is 1. The molecule has 0 bridgehead atoms. The third-order valence-electron chi connectivity index (χ3n) is 4.27. The highest BCUT2D eigenvalue weighted by Crippen LogP contribution is 2.20. The van der Waals surface area contributed by atoms with E-state index in [4.69, 9.17) is 0 Å². The van der Waals surface area contributed by atoms with Gasteiger partial charge in [-0.05, 0) is 35.8 Å². The first-order chi connectivity index (χ1) is 13.6. The van der Waals surface area contributed by atoms with Gasteiger partial charge in [-0.1, -0.05) is 28.8 Å². The number of hydrogen-bond acceptors (Lipinski definition) is 6. The van der Waals surface area contributed by atoms with Crippen LogP contribution < -0.4 is 16.4 Å². The van der Waals surface area contributed by atoms with Gasteiger partial charge in [0.15, 0.2) is 0 Å². The molecule has 0 radical (unpaired) electrons. The van der Waals surface area contributed by atoms with Crippen LogP contribution in [0.2, 0.25) is 0 Å². The zero-order valence-electron chi connectivity index (χ0n) is 14.6. The highest BCUT2D eigenvalue weighted by molar-refractivity contribution is 7.03. The van der Waals surface area contributed by atoms with E-state index >= 15 is 0 Å². The van der Waals surface area contributed by atoms with Crippen molar-refractivity contribution >= 4 is 33.9 Å². The smallest absolute Gasteiger partial charge is 0.273 e. The van der Waals surface area contributed by atoms with E-state index in [1.807, 2.05) is 17.5 Å². The van der Waals surface area contributed by atoms with E-state index in [1.165, 1.54) is 16.2 Å². The van der Waals surface area contributed by atoms with Gasteiger partial charge in [0.25, 0.3) is 11.1 Å². The van der Waals surface area contributed by atoms with Gasteiger partial charge < -0.3 is 5.32 Å². The van der Waals surface area contributed by atoms with Crippen molar-refractivity contribution in [2.45, 2.75) is 13.0 Å². The molecule has 4 aromatic rings. The molecule has 8 nitrogen and oxygen atoms in total. The van der Waals surface area contributed by atoms with Gasteiger partial charge in [0, 0.05) is 23.1 Å². The minimum atomic E-state index is -0.359. The van der Waals surface area contributed by atoms with E-state index in [0.717, 1.165) is 11.3 Å². The molecule has 28 heavy (non-hydrogen) atoms. The highest BCUT2D eigenvalue weighted by Gasteiger charge is 2.09. The molecule has 0 unspecified atom stereocenters. The van der Waals surface area contributed by atoms with Crippen LogP contribution in [-0.4, -0.2) is 25.3 Å². The second-order valence-corrected chi connectivity index (χ2v) is 6.72. The monoisotopic (exact) mass is 393 g/mol. The Kier molecular flexibility index (Phi) is 4.81. The summed E-state index contributed by atoms with van der Waals surface area (Å²) in [5.74, 6) is -0.260. The zero-order chi connectivity index (χ0) is 19.5. The average molecular weight is 393 g/mol. The number of carbonyl (C=O) groups excluding carboxylic acids is 1. The van der Waals surface area contributed by atoms with Gasteiger partial charge in [-0.25, -0.2) is 4.68 Å². The first-order valence-electron chi connectivity index (χ1n) is 8.51. The van der Waals surface area contributed by atoms with Crippen LogP contribution in [0.5, 0.6) is 0 Å². The fourth-order valence-corrected chi connectivity index (χ4v) is 3.32. The number of hydrogen-bond donors (Lipinski definition) is 2. The molecule has 9 heteroatoms. The summed E-state index contributed by atoms with van der Waals surface area (Å²) in [5, 5.41) is 11.8. The third-order valence-corrected chi connectivity index (χ3v) is 4.78. The standard InChI is InChI=1S/C19H15N5O3S/c25-17(20-13-7-5-12(6-8-13)16-11-28-23-21-16)9-10-24-19(27)15-4-2-1-3-14(15)18(26)22-24/h1-8,11H,9-10H2,(H,20,25)(H,22,26). The summed E-state index contributed by atoms with van der Waals surface area (Å²) < 4.78 is 4.99. The molecule has 4 rings (SSSR count). The lowest BCUT2D eigenvalue weighted by Gasteiger charge is -2.08. The summed E-state index contributed by atoms with van der Waals surface area (Å²) in [6, 6.07) is 13.8. The van der Waals surface area contributed by atoms with Crippen molar-refractivity contribution in [3.63, 3.8) is 0 Å².